The number of aliphatic hydroxyl groups is 1. The average molecular weight is 205 g/mol. The third-order valence-corrected chi connectivity index (χ3v) is 1.51. The maximum Gasteiger partial charge on any atom is 0.405 e. The van der Waals surface area contributed by atoms with Crippen LogP contribution in [0, 0.1) is 0 Å². The average Bonchev–Trinajstić information content (AvgIpc) is 2.14. The van der Waals surface area contributed by atoms with Gasteiger partial charge in [0.1, 0.15) is 0 Å². The molecule has 0 saturated heterocycles. The fraction of sp³-hybridized carbons (Fsp3) is 0.750. The summed E-state index contributed by atoms with van der Waals surface area (Å²) < 4.78 is 4.71. The minimum Gasteiger partial charge on any atom is -0.465 e. The summed E-state index contributed by atoms with van der Waals surface area (Å²) in [6.45, 7) is 1.58. The molecule has 1 amide bonds. The molecule has 0 fully saturated rings. The Balaban J connectivity index is 3.85. The number of hydrogen-bond acceptors (Lipinski definition) is 4. The van der Waals surface area contributed by atoms with Gasteiger partial charge in [-0.05, 0) is 6.42 Å². The molecule has 0 aliphatic heterocycles. The summed E-state index contributed by atoms with van der Waals surface area (Å²) in [5.41, 5.74) is 0. The molecule has 0 aromatic rings. The van der Waals surface area contributed by atoms with Crippen LogP contribution in [-0.2, 0) is 9.53 Å². The Labute approximate surface area is 81.9 Å². The number of ether oxygens (including phenoxy) is 1. The summed E-state index contributed by atoms with van der Waals surface area (Å²) in [6, 6.07) is -1.19. The van der Waals surface area contributed by atoms with Gasteiger partial charge in [0, 0.05) is 0 Å². The van der Waals surface area contributed by atoms with Crippen molar-refractivity contribution in [3.63, 3.8) is 0 Å². The first kappa shape index (κ1) is 12.7. The van der Waals surface area contributed by atoms with Crippen molar-refractivity contribution >= 4 is 12.1 Å². The predicted molar refractivity (Wildman–Crippen MR) is 47.9 cm³/mol. The molecule has 0 aromatic heterocycles. The highest BCUT2D eigenvalue weighted by Crippen LogP contribution is 1.93. The molecule has 0 aliphatic carbocycles. The van der Waals surface area contributed by atoms with E-state index in [-0.39, 0.29) is 6.61 Å². The number of amides is 1. The van der Waals surface area contributed by atoms with E-state index in [1.54, 1.807) is 0 Å². The van der Waals surface area contributed by atoms with Crippen LogP contribution in [0.5, 0.6) is 0 Å². The first-order valence-corrected chi connectivity index (χ1v) is 4.38. The standard InChI is InChI=1S/C8H15NO5/c1-2-3-4-14-7(11)6(5-10)9-8(12)13/h6,9-10H,2-5H2,1H3,(H,12,13)/t6-/m0/s1. The summed E-state index contributed by atoms with van der Waals surface area (Å²) in [7, 11) is 0. The van der Waals surface area contributed by atoms with Crippen molar-refractivity contribution in [2.45, 2.75) is 25.8 Å². The Hall–Kier alpha value is -1.30. The van der Waals surface area contributed by atoms with Gasteiger partial charge in [0.05, 0.1) is 13.2 Å². The molecular formula is C8H15NO5. The van der Waals surface area contributed by atoms with E-state index in [4.69, 9.17) is 14.9 Å². The lowest BCUT2D eigenvalue weighted by atomic mass is 10.3. The van der Waals surface area contributed by atoms with Gasteiger partial charge in [-0.1, -0.05) is 13.3 Å². The smallest absolute Gasteiger partial charge is 0.405 e. The van der Waals surface area contributed by atoms with Crippen molar-refractivity contribution in [1.82, 2.24) is 5.32 Å². The molecule has 1 atom stereocenters. The maximum absolute atomic E-state index is 11.1. The zero-order chi connectivity index (χ0) is 11.0. The lowest BCUT2D eigenvalue weighted by molar-refractivity contribution is -0.147. The molecule has 14 heavy (non-hydrogen) atoms. The van der Waals surface area contributed by atoms with Crippen LogP contribution < -0.4 is 5.32 Å². The molecule has 0 bridgehead atoms. The minimum atomic E-state index is -1.36. The van der Waals surface area contributed by atoms with Crippen LogP contribution in [0.3, 0.4) is 0 Å². The Bertz CT molecular complexity index is 194. The van der Waals surface area contributed by atoms with E-state index in [0.29, 0.717) is 0 Å². The summed E-state index contributed by atoms with van der Waals surface area (Å²) in [5, 5.41) is 18.8. The van der Waals surface area contributed by atoms with Gasteiger partial charge in [0.2, 0.25) is 0 Å². The molecule has 3 N–H and O–H groups in total. The Kier molecular flexibility index (Phi) is 6.47. The SMILES string of the molecule is CCCCOC(=O)[C@H](CO)NC(=O)O. The number of carbonyl (C=O) groups is 2. The van der Waals surface area contributed by atoms with Gasteiger partial charge < -0.3 is 20.3 Å². The van der Waals surface area contributed by atoms with Gasteiger partial charge in [0.25, 0.3) is 0 Å². The van der Waals surface area contributed by atoms with Gasteiger partial charge in [-0.15, -0.1) is 0 Å². The lowest BCUT2D eigenvalue weighted by Gasteiger charge is -2.12. The normalized spacial score (nSPS) is 11.9. The van der Waals surface area contributed by atoms with Crippen LogP contribution in [0.25, 0.3) is 0 Å². The van der Waals surface area contributed by atoms with Crippen LogP contribution in [0.15, 0.2) is 0 Å². The number of esters is 1. The summed E-state index contributed by atoms with van der Waals surface area (Å²) in [4.78, 5) is 21.2. The quantitative estimate of drug-likeness (QED) is 0.417. The zero-order valence-electron chi connectivity index (χ0n) is 8.02. The number of carbonyl (C=O) groups excluding carboxylic acids is 1. The molecule has 0 radical (unpaired) electrons. The maximum atomic E-state index is 11.1. The fourth-order valence-corrected chi connectivity index (χ4v) is 0.746. The van der Waals surface area contributed by atoms with Crippen molar-refractivity contribution in [2.24, 2.45) is 0 Å². The first-order chi connectivity index (χ1) is 6.61. The van der Waals surface area contributed by atoms with E-state index in [0.717, 1.165) is 12.8 Å². The number of nitrogens with one attached hydrogen (secondary N) is 1. The van der Waals surface area contributed by atoms with Crippen LogP contribution in [0.1, 0.15) is 19.8 Å². The summed E-state index contributed by atoms with van der Waals surface area (Å²) in [6.07, 6.45) is 0.233. The van der Waals surface area contributed by atoms with Crippen molar-refractivity contribution < 1.29 is 24.5 Å². The largest absolute Gasteiger partial charge is 0.465 e. The molecule has 0 heterocycles. The van der Waals surface area contributed by atoms with Crippen molar-refractivity contribution in [3.05, 3.63) is 0 Å². The molecule has 0 aromatic carbocycles. The highest BCUT2D eigenvalue weighted by Gasteiger charge is 2.20. The second-order valence-electron chi connectivity index (χ2n) is 2.71. The minimum absolute atomic E-state index is 0.243. The molecule has 0 rings (SSSR count). The van der Waals surface area contributed by atoms with E-state index in [9.17, 15) is 9.59 Å². The molecular weight excluding hydrogens is 190 g/mol. The fourth-order valence-electron chi connectivity index (χ4n) is 0.746. The summed E-state index contributed by atoms with van der Waals surface area (Å²) in [5.74, 6) is -0.747. The zero-order valence-corrected chi connectivity index (χ0v) is 8.02. The van der Waals surface area contributed by atoms with Crippen molar-refractivity contribution in [2.75, 3.05) is 13.2 Å². The van der Waals surface area contributed by atoms with Crippen LogP contribution in [0.2, 0.25) is 0 Å². The van der Waals surface area contributed by atoms with Crippen LogP contribution >= 0.6 is 0 Å². The Morgan fingerprint density at radius 3 is 2.57 bits per heavy atom. The van der Waals surface area contributed by atoms with Crippen LogP contribution in [0.4, 0.5) is 4.79 Å². The van der Waals surface area contributed by atoms with E-state index in [2.05, 4.69) is 0 Å². The number of unbranched alkanes of at least 4 members (excludes halogenated alkanes) is 1. The van der Waals surface area contributed by atoms with E-state index in [1.165, 1.54) is 0 Å². The number of hydrogen-bond donors (Lipinski definition) is 3. The van der Waals surface area contributed by atoms with E-state index in [1.807, 2.05) is 12.2 Å². The third kappa shape index (κ3) is 5.36. The molecule has 0 unspecified atom stereocenters. The van der Waals surface area contributed by atoms with Gasteiger partial charge in [-0.25, -0.2) is 9.59 Å². The highest BCUT2D eigenvalue weighted by atomic mass is 16.5. The Morgan fingerprint density at radius 1 is 1.50 bits per heavy atom. The molecule has 6 heteroatoms. The molecule has 0 spiro atoms. The monoisotopic (exact) mass is 205 g/mol. The second-order valence-corrected chi connectivity index (χ2v) is 2.71. The van der Waals surface area contributed by atoms with E-state index >= 15 is 0 Å². The first-order valence-electron chi connectivity index (χ1n) is 4.38. The highest BCUT2D eigenvalue weighted by molar-refractivity contribution is 5.80. The van der Waals surface area contributed by atoms with Gasteiger partial charge in [0.15, 0.2) is 6.04 Å². The topological polar surface area (TPSA) is 95.9 Å². The molecule has 82 valence electrons. The predicted octanol–water partition coefficient (Wildman–Crippen LogP) is -0.0418. The summed E-state index contributed by atoms with van der Waals surface area (Å²) >= 11 is 0. The van der Waals surface area contributed by atoms with Gasteiger partial charge in [-0.2, -0.15) is 0 Å². The van der Waals surface area contributed by atoms with Gasteiger partial charge in [-0.3, -0.25) is 0 Å². The number of aliphatic hydroxyl groups excluding tert-OH is 1. The van der Waals surface area contributed by atoms with Crippen molar-refractivity contribution in [3.8, 4) is 0 Å². The molecule has 0 saturated carbocycles. The number of rotatable bonds is 6. The van der Waals surface area contributed by atoms with Crippen LogP contribution in [-0.4, -0.2) is 41.5 Å². The number of carboxylic acid groups (broad SMARTS) is 1. The lowest BCUT2D eigenvalue weighted by Crippen LogP contribution is -2.43. The third-order valence-electron chi connectivity index (χ3n) is 1.51. The second kappa shape index (κ2) is 7.14. The van der Waals surface area contributed by atoms with Gasteiger partial charge >= 0.3 is 12.1 Å². The Morgan fingerprint density at radius 2 is 2.14 bits per heavy atom. The van der Waals surface area contributed by atoms with Crippen molar-refractivity contribution in [1.29, 1.82) is 0 Å². The van der Waals surface area contributed by atoms with E-state index < -0.39 is 24.7 Å². The molecule has 0 aliphatic rings. The molecule has 6 nitrogen and oxygen atoms in total.